The number of thiol groups is 1. The minimum Gasteiger partial charge on any atom is -0.480 e. The second-order valence-electron chi connectivity index (χ2n) is 4.65. The van der Waals surface area contributed by atoms with Gasteiger partial charge in [-0.1, -0.05) is 0 Å². The smallest absolute Gasteiger partial charge is 0.326 e. The minimum absolute atomic E-state index is 0.0992. The molecule has 6 nitrogen and oxygen atoms in total. The van der Waals surface area contributed by atoms with E-state index in [2.05, 4.69) is 17.9 Å². The molecule has 0 saturated carbocycles. The maximum Gasteiger partial charge on any atom is 0.326 e. The second kappa shape index (κ2) is 7.37. The Morgan fingerprint density at radius 3 is 2.74 bits per heavy atom. The lowest BCUT2D eigenvalue weighted by molar-refractivity contribution is -0.148. The summed E-state index contributed by atoms with van der Waals surface area (Å²) in [5, 5.41) is 11.8. The van der Waals surface area contributed by atoms with Crippen molar-refractivity contribution in [3.63, 3.8) is 0 Å². The Balaban J connectivity index is 2.60. The number of carbonyl (C=O) groups is 3. The number of nitrogens with zero attached hydrogens (tertiary/aromatic N) is 1. The number of amides is 2. The first-order chi connectivity index (χ1) is 8.99. The molecule has 7 heteroatoms. The standard InChI is InChI=1S/C12H20N2O4S/c1-2-13-10(15)4-3-9(12(17)18)14-6-8(7-19)5-11(14)16/h8-9,19H,2-7H2,1H3,(H,13,15)(H,17,18)/t8?,9-/m0/s1. The summed E-state index contributed by atoms with van der Waals surface area (Å²) in [5.74, 6) is -0.752. The van der Waals surface area contributed by atoms with Crippen molar-refractivity contribution in [2.45, 2.75) is 32.2 Å². The number of carboxylic acid groups (broad SMARTS) is 1. The first-order valence-electron chi connectivity index (χ1n) is 6.39. The van der Waals surface area contributed by atoms with Crippen LogP contribution in [0, 0.1) is 5.92 Å². The molecule has 1 aliphatic rings. The molecule has 0 spiro atoms. The van der Waals surface area contributed by atoms with Crippen LogP contribution >= 0.6 is 12.6 Å². The highest BCUT2D eigenvalue weighted by atomic mass is 32.1. The molecule has 1 aliphatic heterocycles. The van der Waals surface area contributed by atoms with E-state index in [0.717, 1.165) is 0 Å². The van der Waals surface area contributed by atoms with Gasteiger partial charge in [0.2, 0.25) is 11.8 Å². The van der Waals surface area contributed by atoms with Gasteiger partial charge in [0.25, 0.3) is 0 Å². The third-order valence-electron chi connectivity index (χ3n) is 3.18. The quantitative estimate of drug-likeness (QED) is 0.581. The topological polar surface area (TPSA) is 86.7 Å². The zero-order valence-corrected chi connectivity index (χ0v) is 11.9. The van der Waals surface area contributed by atoms with Crippen molar-refractivity contribution >= 4 is 30.4 Å². The summed E-state index contributed by atoms with van der Waals surface area (Å²) in [7, 11) is 0. The molecular weight excluding hydrogens is 268 g/mol. The molecule has 0 aromatic carbocycles. The van der Waals surface area contributed by atoms with E-state index in [1.165, 1.54) is 4.90 Å². The van der Waals surface area contributed by atoms with Crippen LogP contribution in [0.3, 0.4) is 0 Å². The number of rotatable bonds is 7. The zero-order chi connectivity index (χ0) is 14.4. The van der Waals surface area contributed by atoms with E-state index in [1.807, 2.05) is 0 Å². The molecule has 0 aromatic rings. The predicted octanol–water partition coefficient (Wildman–Crippen LogP) is 0.134. The summed E-state index contributed by atoms with van der Waals surface area (Å²) in [6.45, 7) is 2.73. The highest BCUT2D eigenvalue weighted by Gasteiger charge is 2.37. The minimum atomic E-state index is -1.06. The summed E-state index contributed by atoms with van der Waals surface area (Å²) in [4.78, 5) is 35.8. The van der Waals surface area contributed by atoms with E-state index in [9.17, 15) is 19.5 Å². The molecule has 1 saturated heterocycles. The van der Waals surface area contributed by atoms with Crippen LogP contribution in [0.2, 0.25) is 0 Å². The molecular formula is C12H20N2O4S. The van der Waals surface area contributed by atoms with Gasteiger partial charge in [-0.25, -0.2) is 4.79 Å². The predicted molar refractivity (Wildman–Crippen MR) is 73.0 cm³/mol. The van der Waals surface area contributed by atoms with Gasteiger partial charge in [-0.3, -0.25) is 9.59 Å². The fraction of sp³-hybridized carbons (Fsp3) is 0.750. The fourth-order valence-corrected chi connectivity index (χ4v) is 2.44. The van der Waals surface area contributed by atoms with Crippen LogP contribution in [0.25, 0.3) is 0 Å². The second-order valence-corrected chi connectivity index (χ2v) is 5.01. The number of hydrogen-bond donors (Lipinski definition) is 3. The number of aliphatic carboxylic acids is 1. The molecule has 108 valence electrons. The van der Waals surface area contributed by atoms with Gasteiger partial charge in [0, 0.05) is 25.9 Å². The van der Waals surface area contributed by atoms with Gasteiger partial charge >= 0.3 is 5.97 Å². The summed E-state index contributed by atoms with van der Waals surface area (Å²) in [6, 6.07) is -0.917. The monoisotopic (exact) mass is 288 g/mol. The molecule has 0 radical (unpaired) electrons. The number of nitrogens with one attached hydrogen (secondary N) is 1. The highest BCUT2D eigenvalue weighted by molar-refractivity contribution is 7.80. The van der Waals surface area contributed by atoms with Crippen molar-refractivity contribution in [2.24, 2.45) is 5.92 Å². The molecule has 2 atom stereocenters. The van der Waals surface area contributed by atoms with E-state index >= 15 is 0 Å². The molecule has 1 fully saturated rings. The Labute approximate surface area is 117 Å². The lowest BCUT2D eigenvalue weighted by atomic mass is 10.1. The lowest BCUT2D eigenvalue weighted by Crippen LogP contribution is -2.43. The van der Waals surface area contributed by atoms with Gasteiger partial charge in [-0.05, 0) is 25.0 Å². The van der Waals surface area contributed by atoms with Gasteiger partial charge in [0.15, 0.2) is 0 Å². The van der Waals surface area contributed by atoms with E-state index in [4.69, 9.17) is 0 Å². The molecule has 1 unspecified atom stereocenters. The molecule has 2 N–H and O–H groups in total. The molecule has 0 aromatic heterocycles. The van der Waals surface area contributed by atoms with Gasteiger partial charge in [-0.15, -0.1) is 0 Å². The van der Waals surface area contributed by atoms with Gasteiger partial charge in [0.05, 0.1) is 0 Å². The van der Waals surface area contributed by atoms with Crippen molar-refractivity contribution in [2.75, 3.05) is 18.8 Å². The highest BCUT2D eigenvalue weighted by Crippen LogP contribution is 2.23. The van der Waals surface area contributed by atoms with Crippen LogP contribution < -0.4 is 5.32 Å². The van der Waals surface area contributed by atoms with Crippen LogP contribution in [-0.2, 0) is 14.4 Å². The third-order valence-corrected chi connectivity index (χ3v) is 3.69. The summed E-state index contributed by atoms with van der Waals surface area (Å²) >= 11 is 4.14. The summed E-state index contributed by atoms with van der Waals surface area (Å²) in [6.07, 6.45) is 0.598. The van der Waals surface area contributed by atoms with Gasteiger partial charge in [0.1, 0.15) is 6.04 Å². The maximum atomic E-state index is 11.8. The zero-order valence-electron chi connectivity index (χ0n) is 11.0. The molecule has 1 rings (SSSR count). The Morgan fingerprint density at radius 1 is 1.58 bits per heavy atom. The van der Waals surface area contributed by atoms with Gasteiger partial charge < -0.3 is 15.3 Å². The molecule has 2 amide bonds. The molecule has 1 heterocycles. The Hall–Kier alpha value is -1.24. The first kappa shape index (κ1) is 15.8. The van der Waals surface area contributed by atoms with Crippen molar-refractivity contribution < 1.29 is 19.5 Å². The van der Waals surface area contributed by atoms with Crippen LogP contribution in [0.15, 0.2) is 0 Å². The van der Waals surface area contributed by atoms with Crippen molar-refractivity contribution in [3.8, 4) is 0 Å². The molecule has 0 aliphatic carbocycles. The van der Waals surface area contributed by atoms with Crippen LogP contribution in [0.5, 0.6) is 0 Å². The average molecular weight is 288 g/mol. The molecule has 19 heavy (non-hydrogen) atoms. The van der Waals surface area contributed by atoms with Crippen LogP contribution in [-0.4, -0.2) is 52.7 Å². The first-order valence-corrected chi connectivity index (χ1v) is 7.02. The van der Waals surface area contributed by atoms with E-state index in [-0.39, 0.29) is 30.6 Å². The largest absolute Gasteiger partial charge is 0.480 e. The number of likely N-dealkylation sites (tertiary alicyclic amines) is 1. The van der Waals surface area contributed by atoms with Crippen LogP contribution in [0.1, 0.15) is 26.2 Å². The summed E-state index contributed by atoms with van der Waals surface area (Å²) < 4.78 is 0. The Kier molecular flexibility index (Phi) is 6.14. The normalized spacial score (nSPS) is 20.4. The van der Waals surface area contributed by atoms with Crippen LogP contribution in [0.4, 0.5) is 0 Å². The number of hydrogen-bond acceptors (Lipinski definition) is 4. The van der Waals surface area contributed by atoms with E-state index in [0.29, 0.717) is 25.3 Å². The average Bonchev–Trinajstić information content (AvgIpc) is 2.71. The van der Waals surface area contributed by atoms with E-state index in [1.54, 1.807) is 6.92 Å². The lowest BCUT2D eigenvalue weighted by Gasteiger charge is -2.24. The van der Waals surface area contributed by atoms with Gasteiger partial charge in [-0.2, -0.15) is 12.6 Å². The van der Waals surface area contributed by atoms with Crippen molar-refractivity contribution in [3.05, 3.63) is 0 Å². The number of carboxylic acids is 1. The van der Waals surface area contributed by atoms with E-state index < -0.39 is 12.0 Å². The number of carbonyl (C=O) groups excluding carboxylic acids is 2. The fourth-order valence-electron chi connectivity index (χ4n) is 2.20. The molecule has 0 bridgehead atoms. The Morgan fingerprint density at radius 2 is 2.26 bits per heavy atom. The third kappa shape index (κ3) is 4.41. The maximum absolute atomic E-state index is 11.8. The van der Waals surface area contributed by atoms with Crippen molar-refractivity contribution in [1.82, 2.24) is 10.2 Å². The van der Waals surface area contributed by atoms with Crippen molar-refractivity contribution in [1.29, 1.82) is 0 Å². The Bertz CT molecular complexity index is 362. The SMILES string of the molecule is CCNC(=O)CC[C@@H](C(=O)O)N1CC(CS)CC1=O. The summed E-state index contributed by atoms with van der Waals surface area (Å²) in [5.41, 5.74) is 0.